The number of hydrogen-bond donors (Lipinski definition) is 0. The summed E-state index contributed by atoms with van der Waals surface area (Å²) in [5.74, 6) is 2.02. The highest BCUT2D eigenvalue weighted by molar-refractivity contribution is 6.10. The van der Waals surface area contributed by atoms with Crippen LogP contribution < -0.4 is 0 Å². The van der Waals surface area contributed by atoms with E-state index in [4.69, 9.17) is 4.52 Å². The number of hydrogen-bond acceptors (Lipinski definition) is 5. The lowest BCUT2D eigenvalue weighted by Gasteiger charge is -2.31. The van der Waals surface area contributed by atoms with Crippen LogP contribution in [0.1, 0.15) is 69.1 Å². The zero-order valence-electron chi connectivity index (χ0n) is 17.8. The van der Waals surface area contributed by atoms with Crippen LogP contribution in [0, 0.1) is 5.92 Å². The molecule has 0 spiro atoms. The number of allylic oxidation sites excluding steroid dienone is 1. The van der Waals surface area contributed by atoms with Gasteiger partial charge in [-0.15, -0.1) is 0 Å². The first-order valence-corrected chi connectivity index (χ1v) is 10.9. The number of rotatable bonds is 6. The number of carbonyl (C=O) groups is 2. The van der Waals surface area contributed by atoms with Crippen LogP contribution in [0.25, 0.3) is 5.57 Å². The molecule has 30 heavy (non-hydrogen) atoms. The molecule has 6 heteroatoms. The molecule has 6 nitrogen and oxygen atoms in total. The van der Waals surface area contributed by atoms with E-state index < -0.39 is 0 Å². The maximum Gasteiger partial charge on any atom is 0.231 e. The summed E-state index contributed by atoms with van der Waals surface area (Å²) in [5.41, 5.74) is 2.76. The normalized spacial score (nSPS) is 19.8. The molecule has 1 fully saturated rings. The van der Waals surface area contributed by atoms with Crippen molar-refractivity contribution < 1.29 is 14.1 Å². The van der Waals surface area contributed by atoms with Crippen LogP contribution in [-0.2, 0) is 16.0 Å². The molecule has 158 valence electrons. The maximum absolute atomic E-state index is 13.1. The smallest absolute Gasteiger partial charge is 0.231 e. The van der Waals surface area contributed by atoms with Crippen LogP contribution in [-0.4, -0.2) is 39.8 Å². The van der Waals surface area contributed by atoms with Gasteiger partial charge in [0.05, 0.1) is 12.3 Å². The van der Waals surface area contributed by atoms with Crippen molar-refractivity contribution in [2.75, 3.05) is 13.1 Å². The predicted molar refractivity (Wildman–Crippen MR) is 114 cm³/mol. The average molecular weight is 408 g/mol. The summed E-state index contributed by atoms with van der Waals surface area (Å²) in [6.45, 7) is 5.54. The van der Waals surface area contributed by atoms with Gasteiger partial charge in [0.2, 0.25) is 11.8 Å². The van der Waals surface area contributed by atoms with Crippen molar-refractivity contribution in [2.45, 2.75) is 58.3 Å². The third-order valence-electron chi connectivity index (χ3n) is 5.95. The van der Waals surface area contributed by atoms with Gasteiger partial charge in [0.1, 0.15) is 0 Å². The molecule has 2 heterocycles. The van der Waals surface area contributed by atoms with Crippen molar-refractivity contribution in [1.82, 2.24) is 15.0 Å². The Kier molecular flexibility index (Phi) is 6.11. The van der Waals surface area contributed by atoms with E-state index in [-0.39, 0.29) is 24.0 Å². The molecule has 1 aromatic carbocycles. The van der Waals surface area contributed by atoms with Crippen molar-refractivity contribution in [3.8, 4) is 0 Å². The number of Topliss-reactive ketones (excluding diaryl/α,β-unsaturated/α-hetero) is 1. The zero-order valence-corrected chi connectivity index (χ0v) is 17.8. The highest BCUT2D eigenvalue weighted by Gasteiger charge is 2.31. The predicted octanol–water partition coefficient (Wildman–Crippen LogP) is 4.18. The number of nitrogens with zero attached hydrogens (tertiary/aromatic N) is 3. The second-order valence-electron chi connectivity index (χ2n) is 8.75. The lowest BCUT2D eigenvalue weighted by molar-refractivity contribution is -0.132. The van der Waals surface area contributed by atoms with Crippen molar-refractivity contribution in [3.05, 3.63) is 53.2 Å². The van der Waals surface area contributed by atoms with Gasteiger partial charge in [-0.3, -0.25) is 9.59 Å². The van der Waals surface area contributed by atoms with Gasteiger partial charge in [-0.1, -0.05) is 49.3 Å². The fourth-order valence-corrected chi connectivity index (χ4v) is 4.42. The zero-order chi connectivity index (χ0) is 21.1. The standard InChI is InChI=1S/C24H29N3O3/c1-16(2)13-22-25-24(30-26-22)18-9-6-12-27(15-18)23(29)14-20-19(10-11-21(20)28)17-7-4-3-5-8-17/h3-5,7-8,16,18H,6,9-15H2,1-2H3. The Hall–Kier alpha value is -2.76. The number of amides is 1. The monoisotopic (exact) mass is 407 g/mol. The molecule has 4 rings (SSSR count). The molecule has 0 N–H and O–H groups in total. The van der Waals surface area contributed by atoms with Crippen LogP contribution in [0.4, 0.5) is 0 Å². The lowest BCUT2D eigenvalue weighted by Crippen LogP contribution is -2.39. The van der Waals surface area contributed by atoms with Crippen LogP contribution in [0.15, 0.2) is 40.4 Å². The van der Waals surface area contributed by atoms with Gasteiger partial charge >= 0.3 is 0 Å². The van der Waals surface area contributed by atoms with Gasteiger partial charge in [0.15, 0.2) is 11.6 Å². The van der Waals surface area contributed by atoms with E-state index in [0.717, 1.165) is 36.2 Å². The molecule has 1 unspecified atom stereocenters. The molecule has 0 saturated carbocycles. The third kappa shape index (κ3) is 4.53. The minimum atomic E-state index is 0.0142. The highest BCUT2D eigenvalue weighted by Crippen LogP contribution is 2.34. The summed E-state index contributed by atoms with van der Waals surface area (Å²) in [4.78, 5) is 32.0. The van der Waals surface area contributed by atoms with Gasteiger partial charge in [0.25, 0.3) is 0 Å². The van der Waals surface area contributed by atoms with Gasteiger partial charge in [-0.2, -0.15) is 4.98 Å². The first-order chi connectivity index (χ1) is 14.5. The molecule has 0 radical (unpaired) electrons. The molecule has 2 aliphatic rings. The molecule has 2 aromatic rings. The second kappa shape index (κ2) is 8.94. The molecule has 1 aliphatic heterocycles. The lowest BCUT2D eigenvalue weighted by atomic mass is 9.96. The average Bonchev–Trinajstić information content (AvgIpc) is 3.35. The minimum absolute atomic E-state index is 0.0142. The Bertz CT molecular complexity index is 946. The highest BCUT2D eigenvalue weighted by atomic mass is 16.5. The van der Waals surface area contributed by atoms with E-state index >= 15 is 0 Å². The van der Waals surface area contributed by atoms with Gasteiger partial charge in [-0.25, -0.2) is 0 Å². The van der Waals surface area contributed by atoms with Gasteiger partial charge < -0.3 is 9.42 Å². The Labute approximate surface area is 177 Å². The Morgan fingerprint density at radius 3 is 2.80 bits per heavy atom. The summed E-state index contributed by atoms with van der Waals surface area (Å²) in [7, 11) is 0. The molecule has 1 saturated heterocycles. The van der Waals surface area contributed by atoms with Crippen molar-refractivity contribution in [3.63, 3.8) is 0 Å². The molecular weight excluding hydrogens is 378 g/mol. The summed E-state index contributed by atoms with van der Waals surface area (Å²) < 4.78 is 5.50. The fourth-order valence-electron chi connectivity index (χ4n) is 4.42. The van der Waals surface area contributed by atoms with Gasteiger partial charge in [0, 0.05) is 31.5 Å². The molecular formula is C24H29N3O3. The maximum atomic E-state index is 13.1. The van der Waals surface area contributed by atoms with Crippen molar-refractivity contribution in [2.24, 2.45) is 5.92 Å². The molecule has 1 aromatic heterocycles. The van der Waals surface area contributed by atoms with Crippen LogP contribution in [0.2, 0.25) is 0 Å². The number of likely N-dealkylation sites (tertiary alicyclic amines) is 1. The SMILES string of the molecule is CC(C)Cc1noc(C2CCCN(C(=O)CC3=C(c4ccccc4)CCC3=O)C2)n1. The number of carbonyl (C=O) groups excluding carboxylic acids is 2. The summed E-state index contributed by atoms with van der Waals surface area (Å²) in [5, 5.41) is 4.10. The minimum Gasteiger partial charge on any atom is -0.342 e. The largest absolute Gasteiger partial charge is 0.342 e. The Morgan fingerprint density at radius 1 is 1.23 bits per heavy atom. The molecule has 1 aliphatic carbocycles. The first kappa shape index (κ1) is 20.5. The van der Waals surface area contributed by atoms with E-state index in [9.17, 15) is 9.59 Å². The van der Waals surface area contributed by atoms with Gasteiger partial charge in [-0.05, 0) is 36.3 Å². The Morgan fingerprint density at radius 2 is 2.03 bits per heavy atom. The first-order valence-electron chi connectivity index (χ1n) is 10.9. The Balaban J connectivity index is 1.45. The number of ketones is 1. The number of aromatic nitrogens is 2. The summed E-state index contributed by atoms with van der Waals surface area (Å²) >= 11 is 0. The number of piperidine rings is 1. The second-order valence-corrected chi connectivity index (χ2v) is 8.75. The summed E-state index contributed by atoms with van der Waals surface area (Å²) in [6, 6.07) is 9.93. The molecule has 1 amide bonds. The van der Waals surface area contributed by atoms with E-state index in [1.807, 2.05) is 35.2 Å². The molecule has 1 atom stereocenters. The van der Waals surface area contributed by atoms with E-state index in [1.165, 1.54) is 0 Å². The van der Waals surface area contributed by atoms with Crippen molar-refractivity contribution >= 4 is 17.3 Å². The van der Waals surface area contributed by atoms with Crippen LogP contribution in [0.3, 0.4) is 0 Å². The fraction of sp³-hybridized carbons (Fsp3) is 0.500. The van der Waals surface area contributed by atoms with E-state index in [2.05, 4.69) is 24.0 Å². The van der Waals surface area contributed by atoms with E-state index in [1.54, 1.807) is 0 Å². The van der Waals surface area contributed by atoms with E-state index in [0.29, 0.717) is 43.3 Å². The molecule has 0 bridgehead atoms. The third-order valence-corrected chi connectivity index (χ3v) is 5.95. The van der Waals surface area contributed by atoms with Crippen molar-refractivity contribution in [1.29, 1.82) is 0 Å². The quantitative estimate of drug-likeness (QED) is 0.718. The number of benzene rings is 1. The van der Waals surface area contributed by atoms with Crippen LogP contribution in [0.5, 0.6) is 0 Å². The van der Waals surface area contributed by atoms with Crippen LogP contribution >= 0.6 is 0 Å². The topological polar surface area (TPSA) is 76.3 Å². The summed E-state index contributed by atoms with van der Waals surface area (Å²) in [6.07, 6.45) is 4.02.